The van der Waals surface area contributed by atoms with E-state index in [4.69, 9.17) is 14.3 Å². The summed E-state index contributed by atoms with van der Waals surface area (Å²) in [5.74, 6) is -0.737. The topological polar surface area (TPSA) is 104 Å². The van der Waals surface area contributed by atoms with Gasteiger partial charge in [-0.1, -0.05) is 5.16 Å². The molecular formula is C20H32N2O7. The molecule has 0 bridgehead atoms. The van der Waals surface area contributed by atoms with Gasteiger partial charge in [-0.3, -0.25) is 4.79 Å². The summed E-state index contributed by atoms with van der Waals surface area (Å²) in [5, 5.41) is 4.04. The fourth-order valence-electron chi connectivity index (χ4n) is 3.55. The number of carbonyl (C=O) groups excluding carboxylic acids is 3. The van der Waals surface area contributed by atoms with Gasteiger partial charge in [0.15, 0.2) is 0 Å². The molecule has 9 nitrogen and oxygen atoms in total. The number of hydrogen-bond donors (Lipinski definition) is 0. The van der Waals surface area contributed by atoms with Gasteiger partial charge in [-0.25, -0.2) is 9.59 Å². The van der Waals surface area contributed by atoms with Crippen LogP contribution in [0.25, 0.3) is 0 Å². The van der Waals surface area contributed by atoms with Crippen molar-refractivity contribution in [2.75, 3.05) is 27.3 Å². The summed E-state index contributed by atoms with van der Waals surface area (Å²) in [5.41, 5.74) is -1.20. The van der Waals surface area contributed by atoms with Crippen molar-refractivity contribution in [2.24, 2.45) is 11.1 Å². The molecule has 2 aliphatic heterocycles. The summed E-state index contributed by atoms with van der Waals surface area (Å²) < 4.78 is 14.9. The number of nitrogens with zero attached hydrogens (tertiary/aromatic N) is 2. The van der Waals surface area contributed by atoms with E-state index in [0.29, 0.717) is 25.4 Å². The lowest BCUT2D eigenvalue weighted by Crippen LogP contribution is -2.42. The Morgan fingerprint density at radius 1 is 1.17 bits per heavy atom. The normalized spacial score (nSPS) is 22.5. The summed E-state index contributed by atoms with van der Waals surface area (Å²) in [6.45, 7) is 6.90. The predicted molar refractivity (Wildman–Crippen MR) is 104 cm³/mol. The van der Waals surface area contributed by atoms with Gasteiger partial charge in [0.1, 0.15) is 5.60 Å². The number of ether oxygens (including phenoxy) is 3. The van der Waals surface area contributed by atoms with Crippen LogP contribution >= 0.6 is 0 Å². The van der Waals surface area contributed by atoms with Crippen LogP contribution in [0.2, 0.25) is 0 Å². The van der Waals surface area contributed by atoms with Crippen LogP contribution < -0.4 is 0 Å². The Morgan fingerprint density at radius 2 is 1.83 bits per heavy atom. The number of carbonyl (C=O) groups is 3. The van der Waals surface area contributed by atoms with Gasteiger partial charge in [0.25, 0.3) is 0 Å². The van der Waals surface area contributed by atoms with Crippen molar-refractivity contribution in [1.82, 2.24) is 4.90 Å². The molecule has 0 aromatic carbocycles. The Hall–Kier alpha value is -2.32. The van der Waals surface area contributed by atoms with Crippen molar-refractivity contribution in [3.8, 4) is 0 Å². The maximum atomic E-state index is 12.2. The largest absolute Gasteiger partial charge is 0.469 e. The van der Waals surface area contributed by atoms with Gasteiger partial charge in [0, 0.05) is 19.5 Å². The first-order valence-electron chi connectivity index (χ1n) is 9.95. The third kappa shape index (κ3) is 6.33. The van der Waals surface area contributed by atoms with Gasteiger partial charge in [0.2, 0.25) is 5.60 Å². The van der Waals surface area contributed by atoms with Gasteiger partial charge < -0.3 is 23.9 Å². The molecule has 9 heteroatoms. The fraction of sp³-hybridized carbons (Fsp3) is 0.800. The highest BCUT2D eigenvalue weighted by molar-refractivity contribution is 5.96. The molecule has 0 N–H and O–H groups in total. The van der Waals surface area contributed by atoms with Crippen LogP contribution in [-0.4, -0.2) is 67.2 Å². The third-order valence-corrected chi connectivity index (χ3v) is 5.16. The van der Waals surface area contributed by atoms with Gasteiger partial charge in [-0.05, 0) is 52.4 Å². The Kier molecular flexibility index (Phi) is 7.48. The summed E-state index contributed by atoms with van der Waals surface area (Å²) in [7, 11) is 2.51. The van der Waals surface area contributed by atoms with Crippen molar-refractivity contribution in [2.45, 2.75) is 70.5 Å². The maximum absolute atomic E-state index is 12.2. The monoisotopic (exact) mass is 412 g/mol. The molecule has 1 saturated heterocycles. The lowest BCUT2D eigenvalue weighted by Gasteiger charge is -2.33. The first kappa shape index (κ1) is 23.0. The standard InChI is InChI=1S/C20H32N2O7/c1-19(2,3)28-18(25)22-10-8-14(9-11-22)6-7-15-12-20(29-21-15,17(24)27-5)13-16(23)26-4/h14H,6-13H2,1-5H3. The van der Waals surface area contributed by atoms with E-state index in [-0.39, 0.29) is 18.9 Å². The molecule has 1 unspecified atom stereocenters. The summed E-state index contributed by atoms with van der Waals surface area (Å²) in [6, 6.07) is 0. The SMILES string of the molecule is COC(=O)CC1(C(=O)OC)CC(CCC2CCN(C(=O)OC(C)(C)C)CC2)=NO1. The van der Waals surface area contributed by atoms with E-state index in [1.54, 1.807) is 4.90 Å². The molecule has 0 saturated carbocycles. The molecule has 1 amide bonds. The van der Waals surface area contributed by atoms with Gasteiger partial charge >= 0.3 is 18.0 Å². The van der Waals surface area contributed by atoms with Crippen LogP contribution in [0.4, 0.5) is 4.79 Å². The molecule has 0 radical (unpaired) electrons. The fourth-order valence-corrected chi connectivity index (χ4v) is 3.55. The predicted octanol–water partition coefficient (Wildman–Crippen LogP) is 2.66. The molecule has 0 spiro atoms. The average Bonchev–Trinajstić information content (AvgIpc) is 3.08. The zero-order valence-corrected chi connectivity index (χ0v) is 18.0. The number of oxime groups is 1. The molecule has 0 aliphatic carbocycles. The first-order valence-corrected chi connectivity index (χ1v) is 9.95. The van der Waals surface area contributed by atoms with Crippen molar-refractivity contribution in [1.29, 1.82) is 0 Å². The minimum atomic E-state index is -1.43. The van der Waals surface area contributed by atoms with Crippen molar-refractivity contribution >= 4 is 23.7 Å². The van der Waals surface area contributed by atoms with Crippen LogP contribution in [0.15, 0.2) is 5.16 Å². The Morgan fingerprint density at radius 3 is 2.38 bits per heavy atom. The van der Waals surface area contributed by atoms with Crippen LogP contribution in [-0.2, 0) is 28.6 Å². The number of likely N-dealkylation sites (tertiary alicyclic amines) is 1. The minimum absolute atomic E-state index is 0.214. The van der Waals surface area contributed by atoms with E-state index in [9.17, 15) is 14.4 Å². The van der Waals surface area contributed by atoms with Gasteiger partial charge in [0.05, 0.1) is 26.4 Å². The highest BCUT2D eigenvalue weighted by Crippen LogP contribution is 2.32. The number of amides is 1. The molecule has 2 aliphatic rings. The Bertz CT molecular complexity index is 648. The molecular weight excluding hydrogens is 380 g/mol. The number of piperidine rings is 1. The zero-order chi connectivity index (χ0) is 21.7. The van der Waals surface area contributed by atoms with Crippen molar-refractivity contribution < 1.29 is 33.4 Å². The summed E-state index contributed by atoms with van der Waals surface area (Å²) in [6.07, 6.45) is 3.02. The van der Waals surface area contributed by atoms with E-state index in [0.717, 1.165) is 25.0 Å². The van der Waals surface area contributed by atoms with Crippen LogP contribution in [0.3, 0.4) is 0 Å². The van der Waals surface area contributed by atoms with Crippen LogP contribution in [0.1, 0.15) is 59.3 Å². The first-order chi connectivity index (χ1) is 13.6. The van der Waals surface area contributed by atoms with E-state index in [2.05, 4.69) is 9.89 Å². The maximum Gasteiger partial charge on any atom is 0.410 e. The number of esters is 2. The summed E-state index contributed by atoms with van der Waals surface area (Å²) in [4.78, 5) is 43.1. The quantitative estimate of drug-likeness (QED) is 0.488. The molecule has 1 fully saturated rings. The molecule has 2 heterocycles. The van der Waals surface area contributed by atoms with Crippen LogP contribution in [0.5, 0.6) is 0 Å². The van der Waals surface area contributed by atoms with E-state index >= 15 is 0 Å². The van der Waals surface area contributed by atoms with E-state index in [1.807, 2.05) is 20.8 Å². The van der Waals surface area contributed by atoms with Crippen molar-refractivity contribution in [3.05, 3.63) is 0 Å². The third-order valence-electron chi connectivity index (χ3n) is 5.16. The average molecular weight is 412 g/mol. The minimum Gasteiger partial charge on any atom is -0.469 e. The second-order valence-electron chi connectivity index (χ2n) is 8.61. The van der Waals surface area contributed by atoms with Crippen LogP contribution in [0, 0.1) is 5.92 Å². The molecule has 2 rings (SSSR count). The second kappa shape index (κ2) is 9.45. The van der Waals surface area contributed by atoms with Crippen molar-refractivity contribution in [3.63, 3.8) is 0 Å². The van der Waals surface area contributed by atoms with E-state index < -0.39 is 23.1 Å². The number of hydrogen-bond acceptors (Lipinski definition) is 8. The highest BCUT2D eigenvalue weighted by Gasteiger charge is 2.49. The Balaban J connectivity index is 1.80. The molecule has 29 heavy (non-hydrogen) atoms. The smallest absolute Gasteiger partial charge is 0.410 e. The Labute approximate surface area is 171 Å². The highest BCUT2D eigenvalue weighted by atomic mass is 16.7. The molecule has 0 aromatic heterocycles. The second-order valence-corrected chi connectivity index (χ2v) is 8.61. The molecule has 164 valence electrons. The lowest BCUT2D eigenvalue weighted by atomic mass is 9.88. The van der Waals surface area contributed by atoms with E-state index in [1.165, 1.54) is 14.2 Å². The molecule has 1 atom stereocenters. The lowest BCUT2D eigenvalue weighted by molar-refractivity contribution is -0.173. The molecule has 0 aromatic rings. The number of rotatable bonds is 6. The number of methoxy groups -OCH3 is 2. The summed E-state index contributed by atoms with van der Waals surface area (Å²) >= 11 is 0. The van der Waals surface area contributed by atoms with Gasteiger partial charge in [-0.2, -0.15) is 0 Å². The van der Waals surface area contributed by atoms with Gasteiger partial charge in [-0.15, -0.1) is 0 Å². The zero-order valence-electron chi connectivity index (χ0n) is 18.0.